The van der Waals surface area contributed by atoms with Crippen molar-refractivity contribution in [1.82, 2.24) is 5.32 Å². The van der Waals surface area contributed by atoms with Crippen LogP contribution in [0.2, 0.25) is 0 Å². The number of para-hydroxylation sites is 1. The molecule has 2 aromatic carbocycles. The van der Waals surface area contributed by atoms with Gasteiger partial charge < -0.3 is 16.4 Å². The number of nitro groups is 1. The summed E-state index contributed by atoms with van der Waals surface area (Å²) >= 11 is 0. The van der Waals surface area contributed by atoms with Gasteiger partial charge in [-0.2, -0.15) is 0 Å². The quantitative estimate of drug-likeness (QED) is 0.436. The molecule has 25 heavy (non-hydrogen) atoms. The number of aryl methyl sites for hydroxylation is 2. The van der Waals surface area contributed by atoms with Crippen LogP contribution in [0.5, 0.6) is 0 Å². The maximum Gasteiger partial charge on any atom is 0.292 e. The molecule has 0 spiro atoms. The van der Waals surface area contributed by atoms with Crippen molar-refractivity contribution in [3.05, 3.63) is 63.2 Å². The van der Waals surface area contributed by atoms with E-state index in [1.54, 1.807) is 0 Å². The Kier molecular flexibility index (Phi) is 5.33. The highest BCUT2D eigenvalue weighted by Gasteiger charge is 2.16. The molecular formula is C17H18N4O4. The monoisotopic (exact) mass is 342 g/mol. The number of nitrogen functional groups attached to an aromatic ring is 1. The Morgan fingerprint density at radius 2 is 1.80 bits per heavy atom. The number of rotatable bonds is 5. The number of nitrogens with zero attached hydrogens (tertiary/aromatic N) is 1. The molecule has 2 amide bonds. The number of benzene rings is 2. The molecule has 0 aliphatic rings. The molecule has 0 fully saturated rings. The Labute approximate surface area is 144 Å². The van der Waals surface area contributed by atoms with Crippen LogP contribution in [0.25, 0.3) is 0 Å². The van der Waals surface area contributed by atoms with Crippen molar-refractivity contribution in [2.75, 3.05) is 17.6 Å². The predicted octanol–water partition coefficient (Wildman–Crippen LogP) is 2.16. The first-order chi connectivity index (χ1) is 11.8. The first-order valence-electron chi connectivity index (χ1n) is 7.47. The Bertz CT molecular complexity index is 828. The molecule has 2 aromatic rings. The van der Waals surface area contributed by atoms with Crippen molar-refractivity contribution in [3.63, 3.8) is 0 Å². The molecule has 0 atom stereocenters. The second-order valence-electron chi connectivity index (χ2n) is 5.53. The Morgan fingerprint density at radius 3 is 2.40 bits per heavy atom. The number of hydrogen-bond donors (Lipinski definition) is 3. The van der Waals surface area contributed by atoms with E-state index in [0.29, 0.717) is 5.69 Å². The number of anilines is 2. The third-order valence-electron chi connectivity index (χ3n) is 3.64. The number of amides is 2. The highest BCUT2D eigenvalue weighted by Crippen LogP contribution is 2.22. The zero-order chi connectivity index (χ0) is 18.6. The third kappa shape index (κ3) is 4.31. The van der Waals surface area contributed by atoms with Crippen LogP contribution in [0.4, 0.5) is 17.1 Å². The standard InChI is InChI=1S/C17H18N4O4/c1-10-4-3-5-11(2)16(10)20-15(22)9-19-17(23)12-6-7-13(18)14(8-12)21(24)25/h3-8H,9,18H2,1-2H3,(H,19,23)(H,20,22). The minimum Gasteiger partial charge on any atom is -0.393 e. The molecule has 0 aliphatic heterocycles. The van der Waals surface area contributed by atoms with Crippen molar-refractivity contribution in [1.29, 1.82) is 0 Å². The number of carbonyl (C=O) groups excluding carboxylic acids is 2. The number of nitrogens with one attached hydrogen (secondary N) is 2. The number of carbonyl (C=O) groups is 2. The van der Waals surface area contributed by atoms with Gasteiger partial charge in [0.05, 0.1) is 11.5 Å². The van der Waals surface area contributed by atoms with Gasteiger partial charge in [0.25, 0.3) is 11.6 Å². The lowest BCUT2D eigenvalue weighted by atomic mass is 10.1. The van der Waals surface area contributed by atoms with E-state index in [-0.39, 0.29) is 23.5 Å². The summed E-state index contributed by atoms with van der Waals surface area (Å²) in [7, 11) is 0. The predicted molar refractivity (Wildman–Crippen MR) is 94.4 cm³/mol. The number of nitro benzene ring substituents is 1. The van der Waals surface area contributed by atoms with E-state index in [1.165, 1.54) is 12.1 Å². The lowest BCUT2D eigenvalue weighted by Gasteiger charge is -2.12. The van der Waals surface area contributed by atoms with Crippen molar-refractivity contribution in [3.8, 4) is 0 Å². The van der Waals surface area contributed by atoms with Crippen LogP contribution in [-0.4, -0.2) is 23.3 Å². The summed E-state index contributed by atoms with van der Waals surface area (Å²) in [6.45, 7) is 3.48. The average Bonchev–Trinajstić information content (AvgIpc) is 2.56. The molecule has 0 saturated heterocycles. The fraction of sp³-hybridized carbons (Fsp3) is 0.176. The van der Waals surface area contributed by atoms with Gasteiger partial charge in [-0.1, -0.05) is 18.2 Å². The van der Waals surface area contributed by atoms with Crippen LogP contribution in [-0.2, 0) is 4.79 Å². The SMILES string of the molecule is Cc1cccc(C)c1NC(=O)CNC(=O)c1ccc(N)c([N+](=O)[O-])c1. The minimum atomic E-state index is -0.667. The van der Waals surface area contributed by atoms with Crippen LogP contribution in [0, 0.1) is 24.0 Å². The van der Waals surface area contributed by atoms with E-state index in [9.17, 15) is 19.7 Å². The van der Waals surface area contributed by atoms with Gasteiger partial charge in [0.2, 0.25) is 5.91 Å². The average molecular weight is 342 g/mol. The van der Waals surface area contributed by atoms with Gasteiger partial charge >= 0.3 is 0 Å². The Morgan fingerprint density at radius 1 is 1.16 bits per heavy atom. The van der Waals surface area contributed by atoms with E-state index in [4.69, 9.17) is 5.73 Å². The fourth-order valence-electron chi connectivity index (χ4n) is 2.30. The van der Waals surface area contributed by atoms with Gasteiger partial charge in [0.15, 0.2) is 0 Å². The van der Waals surface area contributed by atoms with Gasteiger partial charge in [0.1, 0.15) is 5.69 Å². The van der Waals surface area contributed by atoms with Gasteiger partial charge in [-0.15, -0.1) is 0 Å². The molecule has 0 bridgehead atoms. The van der Waals surface area contributed by atoms with E-state index in [1.807, 2.05) is 32.0 Å². The molecule has 8 heteroatoms. The van der Waals surface area contributed by atoms with E-state index in [0.717, 1.165) is 17.2 Å². The lowest BCUT2D eigenvalue weighted by molar-refractivity contribution is -0.383. The highest BCUT2D eigenvalue weighted by atomic mass is 16.6. The van der Waals surface area contributed by atoms with Crippen molar-refractivity contribution in [2.24, 2.45) is 0 Å². The van der Waals surface area contributed by atoms with E-state index < -0.39 is 16.7 Å². The summed E-state index contributed by atoms with van der Waals surface area (Å²) in [4.78, 5) is 34.3. The first kappa shape index (κ1) is 17.9. The van der Waals surface area contributed by atoms with Gasteiger partial charge in [-0.05, 0) is 37.1 Å². The van der Waals surface area contributed by atoms with Crippen molar-refractivity contribution >= 4 is 28.9 Å². The molecule has 130 valence electrons. The zero-order valence-electron chi connectivity index (χ0n) is 13.8. The molecule has 0 unspecified atom stereocenters. The molecule has 2 rings (SSSR count). The normalized spacial score (nSPS) is 10.2. The van der Waals surface area contributed by atoms with E-state index in [2.05, 4.69) is 10.6 Å². The number of hydrogen-bond acceptors (Lipinski definition) is 5. The van der Waals surface area contributed by atoms with Crippen molar-refractivity contribution in [2.45, 2.75) is 13.8 Å². The van der Waals surface area contributed by atoms with Crippen molar-refractivity contribution < 1.29 is 14.5 Å². The van der Waals surface area contributed by atoms with Crippen LogP contribution in [0.15, 0.2) is 36.4 Å². The highest BCUT2D eigenvalue weighted by molar-refractivity contribution is 6.00. The van der Waals surface area contributed by atoms with E-state index >= 15 is 0 Å². The maximum atomic E-state index is 12.1. The summed E-state index contributed by atoms with van der Waals surface area (Å²) in [6.07, 6.45) is 0. The van der Waals surface area contributed by atoms with Crippen LogP contribution < -0.4 is 16.4 Å². The van der Waals surface area contributed by atoms with Crippen LogP contribution >= 0.6 is 0 Å². The topological polar surface area (TPSA) is 127 Å². The van der Waals surface area contributed by atoms with Crippen LogP contribution in [0.1, 0.15) is 21.5 Å². The number of nitrogens with two attached hydrogens (primary N) is 1. The summed E-state index contributed by atoms with van der Waals surface area (Å²) in [6, 6.07) is 9.35. The van der Waals surface area contributed by atoms with Gasteiger partial charge in [0, 0.05) is 17.3 Å². The Balaban J connectivity index is 2.01. The smallest absolute Gasteiger partial charge is 0.292 e. The van der Waals surface area contributed by atoms with Crippen LogP contribution in [0.3, 0.4) is 0 Å². The minimum absolute atomic E-state index is 0.0330. The Hall–Kier alpha value is -3.42. The van der Waals surface area contributed by atoms with Gasteiger partial charge in [-0.3, -0.25) is 19.7 Å². The maximum absolute atomic E-state index is 12.1. The summed E-state index contributed by atoms with van der Waals surface area (Å²) in [5.74, 6) is -0.990. The molecule has 8 nitrogen and oxygen atoms in total. The zero-order valence-corrected chi connectivity index (χ0v) is 13.8. The molecule has 0 aromatic heterocycles. The molecule has 0 heterocycles. The van der Waals surface area contributed by atoms with Gasteiger partial charge in [-0.25, -0.2) is 0 Å². The molecule has 0 saturated carbocycles. The first-order valence-corrected chi connectivity index (χ1v) is 7.47. The molecule has 0 aliphatic carbocycles. The lowest BCUT2D eigenvalue weighted by Crippen LogP contribution is -2.33. The largest absolute Gasteiger partial charge is 0.393 e. The second-order valence-corrected chi connectivity index (χ2v) is 5.53. The summed E-state index contributed by atoms with van der Waals surface area (Å²) in [5.41, 5.74) is 7.68. The third-order valence-corrected chi connectivity index (χ3v) is 3.64. The molecular weight excluding hydrogens is 324 g/mol. The molecule has 0 radical (unpaired) electrons. The summed E-state index contributed by atoms with van der Waals surface area (Å²) < 4.78 is 0. The fourth-order valence-corrected chi connectivity index (χ4v) is 2.30. The molecule has 4 N–H and O–H groups in total. The summed E-state index contributed by atoms with van der Waals surface area (Å²) in [5, 5.41) is 16.0. The second kappa shape index (κ2) is 7.43.